The Morgan fingerprint density at radius 1 is 0.962 bits per heavy atom. The number of ether oxygens (including phenoxy) is 2. The molecule has 0 bridgehead atoms. The molecule has 1 unspecified atom stereocenters. The second kappa shape index (κ2) is 7.29. The SMILES string of the molecule is O=S(=O)(c1ccc2c(c1)OCCCO2)N1CCCC1Cc1ccccc1. The predicted octanol–water partition coefficient (Wildman–Crippen LogP) is 3.24. The van der Waals surface area contributed by atoms with E-state index in [4.69, 9.17) is 9.47 Å². The van der Waals surface area contributed by atoms with E-state index >= 15 is 0 Å². The van der Waals surface area contributed by atoms with Gasteiger partial charge in [0.05, 0.1) is 18.1 Å². The van der Waals surface area contributed by atoms with Crippen molar-refractivity contribution in [1.82, 2.24) is 4.31 Å². The Bertz CT molecular complexity index is 867. The summed E-state index contributed by atoms with van der Waals surface area (Å²) in [6.07, 6.45) is 3.31. The van der Waals surface area contributed by atoms with Crippen LogP contribution in [0.5, 0.6) is 11.5 Å². The van der Waals surface area contributed by atoms with Crippen LogP contribution in [0.1, 0.15) is 24.8 Å². The second-order valence-corrected chi connectivity index (χ2v) is 8.65. The highest BCUT2D eigenvalue weighted by Gasteiger charge is 2.35. The fourth-order valence-corrected chi connectivity index (χ4v) is 5.36. The number of rotatable bonds is 4. The van der Waals surface area contributed by atoms with Gasteiger partial charge >= 0.3 is 0 Å². The van der Waals surface area contributed by atoms with E-state index in [0.29, 0.717) is 31.3 Å². The van der Waals surface area contributed by atoms with Gasteiger partial charge in [-0.25, -0.2) is 8.42 Å². The fourth-order valence-electron chi connectivity index (χ4n) is 3.66. The molecular formula is C20H23NO4S. The average molecular weight is 373 g/mol. The molecule has 0 saturated carbocycles. The second-order valence-electron chi connectivity index (χ2n) is 6.76. The van der Waals surface area contributed by atoms with Crippen molar-refractivity contribution >= 4 is 10.0 Å². The van der Waals surface area contributed by atoms with Crippen LogP contribution in [-0.4, -0.2) is 38.5 Å². The zero-order valence-corrected chi connectivity index (χ0v) is 15.5. The zero-order valence-electron chi connectivity index (χ0n) is 14.6. The van der Waals surface area contributed by atoms with Gasteiger partial charge in [-0.3, -0.25) is 0 Å². The summed E-state index contributed by atoms with van der Waals surface area (Å²) < 4.78 is 39.4. The molecular weight excluding hydrogens is 350 g/mol. The smallest absolute Gasteiger partial charge is 0.243 e. The monoisotopic (exact) mass is 373 g/mol. The van der Waals surface area contributed by atoms with Gasteiger partial charge in [0.25, 0.3) is 0 Å². The lowest BCUT2D eigenvalue weighted by Gasteiger charge is -2.24. The minimum Gasteiger partial charge on any atom is -0.490 e. The van der Waals surface area contributed by atoms with Crippen molar-refractivity contribution in [2.24, 2.45) is 0 Å². The van der Waals surface area contributed by atoms with Crippen LogP contribution >= 0.6 is 0 Å². The van der Waals surface area contributed by atoms with Crippen molar-refractivity contribution in [2.45, 2.75) is 36.6 Å². The molecule has 26 heavy (non-hydrogen) atoms. The summed E-state index contributed by atoms with van der Waals surface area (Å²) in [7, 11) is -3.56. The van der Waals surface area contributed by atoms with Gasteiger partial charge in [-0.05, 0) is 37.0 Å². The molecule has 1 fully saturated rings. The van der Waals surface area contributed by atoms with Crippen molar-refractivity contribution in [3.63, 3.8) is 0 Å². The van der Waals surface area contributed by atoms with Gasteiger partial charge in [0.2, 0.25) is 10.0 Å². The number of nitrogens with zero attached hydrogens (tertiary/aromatic N) is 1. The molecule has 0 N–H and O–H groups in total. The van der Waals surface area contributed by atoms with E-state index in [1.54, 1.807) is 22.5 Å². The largest absolute Gasteiger partial charge is 0.490 e. The summed E-state index contributed by atoms with van der Waals surface area (Å²) in [4.78, 5) is 0.279. The highest BCUT2D eigenvalue weighted by atomic mass is 32.2. The molecule has 1 atom stereocenters. The van der Waals surface area contributed by atoms with Gasteiger partial charge in [-0.1, -0.05) is 30.3 Å². The van der Waals surface area contributed by atoms with E-state index in [1.807, 2.05) is 18.2 Å². The highest BCUT2D eigenvalue weighted by Crippen LogP contribution is 2.35. The van der Waals surface area contributed by atoms with Gasteiger partial charge in [0.1, 0.15) is 0 Å². The van der Waals surface area contributed by atoms with Gasteiger partial charge in [0.15, 0.2) is 11.5 Å². The standard InChI is InChI=1S/C20H23NO4S/c22-26(23,18-9-10-19-20(15-18)25-13-5-12-24-19)21-11-4-8-17(21)14-16-6-2-1-3-7-16/h1-3,6-7,9-10,15,17H,4-5,8,11-14H2. The first-order chi connectivity index (χ1) is 12.6. The first kappa shape index (κ1) is 17.4. The van der Waals surface area contributed by atoms with Crippen molar-refractivity contribution in [2.75, 3.05) is 19.8 Å². The van der Waals surface area contributed by atoms with Crippen LogP contribution in [-0.2, 0) is 16.4 Å². The molecule has 4 rings (SSSR count). The van der Waals surface area contributed by atoms with Crippen LogP contribution in [0.25, 0.3) is 0 Å². The number of benzene rings is 2. The van der Waals surface area contributed by atoms with Gasteiger partial charge in [0, 0.05) is 25.1 Å². The van der Waals surface area contributed by atoms with E-state index in [1.165, 1.54) is 5.56 Å². The average Bonchev–Trinajstić information content (AvgIpc) is 2.99. The van der Waals surface area contributed by atoms with Gasteiger partial charge < -0.3 is 9.47 Å². The van der Waals surface area contributed by atoms with Crippen LogP contribution in [0.3, 0.4) is 0 Å². The Labute approximate surface area is 154 Å². The maximum absolute atomic E-state index is 13.2. The van der Waals surface area contributed by atoms with E-state index < -0.39 is 10.0 Å². The molecule has 0 aliphatic carbocycles. The molecule has 2 aromatic rings. The molecule has 2 aromatic carbocycles. The van der Waals surface area contributed by atoms with Gasteiger partial charge in [-0.2, -0.15) is 4.31 Å². The van der Waals surface area contributed by atoms with Crippen LogP contribution in [0, 0.1) is 0 Å². The van der Waals surface area contributed by atoms with Crippen molar-refractivity contribution in [1.29, 1.82) is 0 Å². The normalized spacial score (nSPS) is 20.7. The summed E-state index contributed by atoms with van der Waals surface area (Å²) in [5, 5.41) is 0. The van der Waals surface area contributed by atoms with E-state index in [0.717, 1.165) is 25.7 Å². The summed E-state index contributed by atoms with van der Waals surface area (Å²) in [6, 6.07) is 15.0. The summed E-state index contributed by atoms with van der Waals surface area (Å²) in [6.45, 7) is 1.69. The molecule has 0 radical (unpaired) electrons. The Morgan fingerprint density at radius 3 is 2.54 bits per heavy atom. The molecule has 5 nitrogen and oxygen atoms in total. The lowest BCUT2D eigenvalue weighted by atomic mass is 10.1. The number of sulfonamides is 1. The highest BCUT2D eigenvalue weighted by molar-refractivity contribution is 7.89. The van der Waals surface area contributed by atoms with Crippen LogP contribution in [0.15, 0.2) is 53.4 Å². The molecule has 6 heteroatoms. The first-order valence-electron chi connectivity index (χ1n) is 9.10. The first-order valence-corrected chi connectivity index (χ1v) is 10.5. The molecule has 2 aliphatic rings. The van der Waals surface area contributed by atoms with Crippen LogP contribution in [0.4, 0.5) is 0 Å². The Morgan fingerprint density at radius 2 is 1.73 bits per heavy atom. The lowest BCUT2D eigenvalue weighted by molar-refractivity contribution is 0.296. The Hall–Kier alpha value is -2.05. The Balaban J connectivity index is 1.60. The third kappa shape index (κ3) is 3.44. The van der Waals surface area contributed by atoms with Crippen molar-refractivity contribution < 1.29 is 17.9 Å². The maximum atomic E-state index is 13.2. The van der Waals surface area contributed by atoms with E-state index in [9.17, 15) is 8.42 Å². The molecule has 138 valence electrons. The third-order valence-electron chi connectivity index (χ3n) is 4.96. The van der Waals surface area contributed by atoms with E-state index in [-0.39, 0.29) is 10.9 Å². The molecule has 0 amide bonds. The molecule has 0 aromatic heterocycles. The predicted molar refractivity (Wildman–Crippen MR) is 99.1 cm³/mol. The topological polar surface area (TPSA) is 55.8 Å². The third-order valence-corrected chi connectivity index (χ3v) is 6.91. The summed E-state index contributed by atoms with van der Waals surface area (Å²) in [5.41, 5.74) is 1.17. The number of hydrogen-bond donors (Lipinski definition) is 0. The van der Waals surface area contributed by atoms with Crippen molar-refractivity contribution in [3.8, 4) is 11.5 Å². The fraction of sp³-hybridized carbons (Fsp3) is 0.400. The number of hydrogen-bond acceptors (Lipinski definition) is 4. The summed E-state index contributed by atoms with van der Waals surface area (Å²) in [5.74, 6) is 1.13. The van der Waals surface area contributed by atoms with E-state index in [2.05, 4.69) is 12.1 Å². The van der Waals surface area contributed by atoms with Gasteiger partial charge in [-0.15, -0.1) is 0 Å². The quantitative estimate of drug-likeness (QED) is 0.826. The lowest BCUT2D eigenvalue weighted by Crippen LogP contribution is -2.36. The minimum absolute atomic E-state index is 0.00150. The van der Waals surface area contributed by atoms with Crippen molar-refractivity contribution in [3.05, 3.63) is 54.1 Å². The minimum atomic E-state index is -3.56. The molecule has 2 aliphatic heterocycles. The maximum Gasteiger partial charge on any atom is 0.243 e. The van der Waals surface area contributed by atoms with Crippen LogP contribution in [0.2, 0.25) is 0 Å². The van der Waals surface area contributed by atoms with Crippen LogP contribution < -0.4 is 9.47 Å². The summed E-state index contributed by atoms with van der Waals surface area (Å²) >= 11 is 0. The molecule has 2 heterocycles. The Kier molecular flexibility index (Phi) is 4.87. The zero-order chi connectivity index (χ0) is 18.0. The number of fused-ring (bicyclic) bond motifs is 1. The molecule has 0 spiro atoms. The molecule has 1 saturated heterocycles.